The van der Waals surface area contributed by atoms with Gasteiger partial charge in [0.05, 0.1) is 12.1 Å². The molecule has 4 nitrogen and oxygen atoms in total. The van der Waals surface area contributed by atoms with Crippen molar-refractivity contribution in [1.29, 1.82) is 0 Å². The molecule has 2 fully saturated rings. The molecule has 2 aliphatic rings. The van der Waals surface area contributed by atoms with Crippen LogP contribution in [0.4, 0.5) is 0 Å². The normalized spacial score (nSPS) is 35.8. The van der Waals surface area contributed by atoms with Crippen LogP contribution in [0, 0.1) is 5.92 Å². The Balaban J connectivity index is 1.76. The number of likely N-dealkylation sites (N-methyl/N-ethyl adjacent to an activating group) is 1. The van der Waals surface area contributed by atoms with E-state index in [1.165, 1.54) is 6.42 Å². The Morgan fingerprint density at radius 1 is 1.38 bits per heavy atom. The molecule has 1 amide bonds. The number of amides is 1. The van der Waals surface area contributed by atoms with Gasteiger partial charge in [0.1, 0.15) is 0 Å². The number of likely N-dealkylation sites (tertiary alicyclic amines) is 1. The molecule has 92 valence electrons. The number of nitrogens with one attached hydrogen (secondary N) is 1. The number of nitrogens with zero attached hydrogens (tertiary/aromatic N) is 1. The molecule has 4 heteroatoms. The van der Waals surface area contributed by atoms with Crippen LogP contribution >= 0.6 is 0 Å². The largest absolute Gasteiger partial charge is 0.393 e. The van der Waals surface area contributed by atoms with Crippen LogP contribution in [-0.2, 0) is 4.79 Å². The minimum absolute atomic E-state index is 0.0147. The SMILES string of the molecule is CN1CCC(NCC2CCCCC2O)C1=O. The lowest BCUT2D eigenvalue weighted by atomic mass is 9.86. The van der Waals surface area contributed by atoms with Crippen molar-refractivity contribution in [3.63, 3.8) is 0 Å². The summed E-state index contributed by atoms with van der Waals surface area (Å²) in [5, 5.41) is 13.1. The van der Waals surface area contributed by atoms with E-state index >= 15 is 0 Å². The molecular formula is C12H22N2O2. The molecule has 0 aromatic heterocycles. The standard InChI is InChI=1S/C12H22N2O2/c1-14-7-6-10(12(14)16)13-8-9-4-2-3-5-11(9)15/h9-11,13,15H,2-8H2,1H3. The summed E-state index contributed by atoms with van der Waals surface area (Å²) in [7, 11) is 1.85. The van der Waals surface area contributed by atoms with Gasteiger partial charge in [0, 0.05) is 20.1 Å². The third-order valence-corrected chi connectivity index (χ3v) is 3.92. The van der Waals surface area contributed by atoms with E-state index in [9.17, 15) is 9.90 Å². The average molecular weight is 226 g/mol. The predicted octanol–water partition coefficient (Wildman–Crippen LogP) is 0.358. The molecule has 0 aromatic carbocycles. The van der Waals surface area contributed by atoms with Gasteiger partial charge in [-0.05, 0) is 25.2 Å². The Morgan fingerprint density at radius 3 is 2.75 bits per heavy atom. The van der Waals surface area contributed by atoms with E-state index in [2.05, 4.69) is 5.32 Å². The number of hydrogen-bond donors (Lipinski definition) is 2. The van der Waals surface area contributed by atoms with Crippen LogP contribution in [0.25, 0.3) is 0 Å². The molecule has 0 spiro atoms. The van der Waals surface area contributed by atoms with Crippen LogP contribution in [0.5, 0.6) is 0 Å². The smallest absolute Gasteiger partial charge is 0.239 e. The first-order valence-corrected chi connectivity index (χ1v) is 6.35. The van der Waals surface area contributed by atoms with Crippen molar-refractivity contribution in [1.82, 2.24) is 10.2 Å². The number of carbonyl (C=O) groups excluding carboxylic acids is 1. The van der Waals surface area contributed by atoms with Crippen molar-refractivity contribution in [3.8, 4) is 0 Å². The molecule has 0 aromatic rings. The molecule has 1 saturated carbocycles. The fourth-order valence-electron chi connectivity index (χ4n) is 2.73. The first kappa shape index (κ1) is 11.9. The third kappa shape index (κ3) is 2.55. The van der Waals surface area contributed by atoms with Gasteiger partial charge in [-0.3, -0.25) is 4.79 Å². The highest BCUT2D eigenvalue weighted by molar-refractivity contribution is 5.83. The van der Waals surface area contributed by atoms with E-state index < -0.39 is 0 Å². The van der Waals surface area contributed by atoms with Gasteiger partial charge in [-0.2, -0.15) is 0 Å². The highest BCUT2D eigenvalue weighted by Crippen LogP contribution is 2.24. The fraction of sp³-hybridized carbons (Fsp3) is 0.917. The van der Waals surface area contributed by atoms with Crippen molar-refractivity contribution in [2.24, 2.45) is 5.92 Å². The van der Waals surface area contributed by atoms with Crippen LogP contribution in [0.1, 0.15) is 32.1 Å². The third-order valence-electron chi connectivity index (χ3n) is 3.92. The van der Waals surface area contributed by atoms with Crippen LogP contribution in [0.15, 0.2) is 0 Å². The Hall–Kier alpha value is -0.610. The second-order valence-corrected chi connectivity index (χ2v) is 5.12. The first-order valence-electron chi connectivity index (χ1n) is 6.35. The number of carbonyl (C=O) groups is 1. The zero-order valence-electron chi connectivity index (χ0n) is 9.98. The minimum Gasteiger partial charge on any atom is -0.393 e. The quantitative estimate of drug-likeness (QED) is 0.730. The number of aliphatic hydroxyl groups is 1. The molecule has 3 atom stereocenters. The summed E-state index contributed by atoms with van der Waals surface area (Å²) in [6, 6.07) is -0.0147. The van der Waals surface area contributed by atoms with Crippen LogP contribution in [0.3, 0.4) is 0 Å². The van der Waals surface area contributed by atoms with Crippen molar-refractivity contribution in [2.45, 2.75) is 44.2 Å². The monoisotopic (exact) mass is 226 g/mol. The van der Waals surface area contributed by atoms with Crippen LogP contribution < -0.4 is 5.32 Å². The lowest BCUT2D eigenvalue weighted by Crippen LogP contribution is -2.42. The molecule has 16 heavy (non-hydrogen) atoms. The number of aliphatic hydroxyl groups excluding tert-OH is 1. The lowest BCUT2D eigenvalue weighted by molar-refractivity contribution is -0.128. The Morgan fingerprint density at radius 2 is 2.12 bits per heavy atom. The molecule has 2 N–H and O–H groups in total. The Kier molecular flexibility index (Phi) is 3.82. The van der Waals surface area contributed by atoms with Crippen molar-refractivity contribution in [3.05, 3.63) is 0 Å². The molecule has 1 aliphatic heterocycles. The summed E-state index contributed by atoms with van der Waals surface area (Å²) in [5.74, 6) is 0.540. The number of hydrogen-bond acceptors (Lipinski definition) is 3. The van der Waals surface area contributed by atoms with Crippen molar-refractivity contribution in [2.75, 3.05) is 20.1 Å². The zero-order valence-corrected chi connectivity index (χ0v) is 9.98. The van der Waals surface area contributed by atoms with E-state index in [0.29, 0.717) is 5.92 Å². The summed E-state index contributed by atoms with van der Waals surface area (Å²) in [4.78, 5) is 13.4. The van der Waals surface area contributed by atoms with Gasteiger partial charge in [0.15, 0.2) is 0 Å². The van der Waals surface area contributed by atoms with E-state index in [0.717, 1.165) is 38.8 Å². The highest BCUT2D eigenvalue weighted by atomic mass is 16.3. The van der Waals surface area contributed by atoms with Gasteiger partial charge in [-0.15, -0.1) is 0 Å². The second kappa shape index (κ2) is 5.15. The van der Waals surface area contributed by atoms with Gasteiger partial charge < -0.3 is 15.3 Å². The topological polar surface area (TPSA) is 52.6 Å². The Bertz CT molecular complexity index is 257. The van der Waals surface area contributed by atoms with Crippen LogP contribution in [-0.4, -0.2) is 48.2 Å². The molecule has 1 saturated heterocycles. The van der Waals surface area contributed by atoms with E-state index in [-0.39, 0.29) is 18.1 Å². The molecular weight excluding hydrogens is 204 g/mol. The summed E-state index contributed by atoms with van der Waals surface area (Å²) in [6.07, 6.45) is 5.09. The summed E-state index contributed by atoms with van der Waals surface area (Å²) in [6.45, 7) is 1.63. The van der Waals surface area contributed by atoms with Gasteiger partial charge in [0.25, 0.3) is 0 Å². The van der Waals surface area contributed by atoms with Crippen LogP contribution in [0.2, 0.25) is 0 Å². The first-order chi connectivity index (χ1) is 7.68. The zero-order chi connectivity index (χ0) is 11.5. The van der Waals surface area contributed by atoms with Gasteiger partial charge >= 0.3 is 0 Å². The summed E-state index contributed by atoms with van der Waals surface area (Å²) < 4.78 is 0. The molecule has 0 bridgehead atoms. The predicted molar refractivity (Wildman–Crippen MR) is 62.0 cm³/mol. The van der Waals surface area contributed by atoms with Crippen molar-refractivity contribution < 1.29 is 9.90 Å². The maximum absolute atomic E-state index is 11.7. The molecule has 2 rings (SSSR count). The average Bonchev–Trinajstić information content (AvgIpc) is 2.59. The second-order valence-electron chi connectivity index (χ2n) is 5.12. The minimum atomic E-state index is -0.171. The number of rotatable bonds is 3. The lowest BCUT2D eigenvalue weighted by Gasteiger charge is -2.28. The maximum atomic E-state index is 11.7. The van der Waals surface area contributed by atoms with Gasteiger partial charge in [0.2, 0.25) is 5.91 Å². The fourth-order valence-corrected chi connectivity index (χ4v) is 2.73. The Labute approximate surface area is 97.0 Å². The van der Waals surface area contributed by atoms with E-state index in [1.807, 2.05) is 7.05 Å². The summed E-state index contributed by atoms with van der Waals surface area (Å²) >= 11 is 0. The van der Waals surface area contributed by atoms with Gasteiger partial charge in [-0.1, -0.05) is 12.8 Å². The van der Waals surface area contributed by atoms with Crippen molar-refractivity contribution >= 4 is 5.91 Å². The molecule has 0 radical (unpaired) electrons. The maximum Gasteiger partial charge on any atom is 0.239 e. The van der Waals surface area contributed by atoms with Gasteiger partial charge in [-0.25, -0.2) is 0 Å². The summed E-state index contributed by atoms with van der Waals surface area (Å²) in [5.41, 5.74) is 0. The molecule has 3 unspecified atom stereocenters. The van der Waals surface area contributed by atoms with E-state index in [1.54, 1.807) is 4.90 Å². The molecule has 1 aliphatic carbocycles. The molecule has 1 heterocycles. The highest BCUT2D eigenvalue weighted by Gasteiger charge is 2.30. The van der Waals surface area contributed by atoms with E-state index in [4.69, 9.17) is 0 Å².